The van der Waals surface area contributed by atoms with Crippen molar-refractivity contribution < 1.29 is 19.1 Å². The number of amides is 2. The second-order valence-electron chi connectivity index (χ2n) is 8.80. The van der Waals surface area contributed by atoms with E-state index >= 15 is 0 Å². The zero-order chi connectivity index (χ0) is 27.8. The van der Waals surface area contributed by atoms with Crippen molar-refractivity contribution in [3.63, 3.8) is 0 Å². The normalized spacial score (nSPS) is 14.3. The summed E-state index contributed by atoms with van der Waals surface area (Å²) in [5.41, 5.74) is 7.25. The Morgan fingerprint density at radius 3 is 2.13 bits per heavy atom. The number of rotatable bonds is 12. The molecule has 1 aliphatic rings. The lowest BCUT2D eigenvalue weighted by atomic mass is 10.2. The van der Waals surface area contributed by atoms with E-state index in [1.807, 2.05) is 54.6 Å². The van der Waals surface area contributed by atoms with Crippen molar-refractivity contribution in [1.29, 1.82) is 0 Å². The number of nitrogens with two attached hydrogens (primary N) is 1. The topological polar surface area (TPSA) is 85.1 Å². The summed E-state index contributed by atoms with van der Waals surface area (Å²) in [5, 5.41) is 0. The maximum atomic E-state index is 13.2. The lowest BCUT2D eigenvalue weighted by Crippen LogP contribution is -2.27. The maximum Gasteiger partial charge on any atom is 0.270 e. The average molecular weight is 562 g/mol. The van der Waals surface area contributed by atoms with Crippen LogP contribution in [0.15, 0.2) is 77.7 Å². The van der Waals surface area contributed by atoms with Crippen LogP contribution in [0.25, 0.3) is 6.08 Å². The van der Waals surface area contributed by atoms with Crippen LogP contribution in [0.1, 0.15) is 36.2 Å². The zero-order valence-corrected chi connectivity index (χ0v) is 23.6. The van der Waals surface area contributed by atoms with Crippen LogP contribution in [0, 0.1) is 0 Å². The van der Waals surface area contributed by atoms with E-state index in [1.165, 1.54) is 11.8 Å². The number of thiocarbonyl (C=S) groups is 1. The Labute approximate surface area is 238 Å². The van der Waals surface area contributed by atoms with E-state index in [9.17, 15) is 9.59 Å². The molecule has 0 unspecified atom stereocenters. The largest absolute Gasteiger partial charge is 0.494 e. The molecule has 9 heteroatoms. The van der Waals surface area contributed by atoms with Crippen LogP contribution in [0.5, 0.6) is 17.2 Å². The number of carbonyl (C=O) groups is 2. The molecule has 1 saturated heterocycles. The third-order valence-electron chi connectivity index (χ3n) is 6.22. The molecule has 2 amide bonds. The first-order chi connectivity index (χ1) is 18.9. The first-order valence-electron chi connectivity index (χ1n) is 12.8. The second kappa shape index (κ2) is 13.4. The molecule has 1 aliphatic heterocycles. The van der Waals surface area contributed by atoms with Gasteiger partial charge >= 0.3 is 0 Å². The highest BCUT2D eigenvalue weighted by atomic mass is 32.2. The van der Waals surface area contributed by atoms with Crippen molar-refractivity contribution in [2.45, 2.75) is 20.3 Å². The van der Waals surface area contributed by atoms with Gasteiger partial charge < -0.3 is 20.1 Å². The molecule has 39 heavy (non-hydrogen) atoms. The number of thioether (sulfide) groups is 1. The number of primary amides is 1. The van der Waals surface area contributed by atoms with Gasteiger partial charge in [0.1, 0.15) is 17.2 Å². The predicted molar refractivity (Wildman–Crippen MR) is 161 cm³/mol. The molecule has 0 atom stereocenters. The molecule has 3 aromatic carbocycles. The number of hydrogen-bond donors (Lipinski definition) is 1. The van der Waals surface area contributed by atoms with Gasteiger partial charge in [0, 0.05) is 12.1 Å². The van der Waals surface area contributed by atoms with Crippen molar-refractivity contribution >= 4 is 51.9 Å². The van der Waals surface area contributed by atoms with Crippen LogP contribution in [0.2, 0.25) is 0 Å². The van der Waals surface area contributed by atoms with Gasteiger partial charge in [-0.05, 0) is 91.8 Å². The number of ether oxygens (including phenoxy) is 2. The molecular formula is C30H31N3O4S2. The molecule has 2 N–H and O–H groups in total. The van der Waals surface area contributed by atoms with Gasteiger partial charge in [-0.25, -0.2) is 0 Å². The summed E-state index contributed by atoms with van der Waals surface area (Å²) in [7, 11) is 0. The number of anilines is 1. The van der Waals surface area contributed by atoms with Gasteiger partial charge in [-0.15, -0.1) is 0 Å². The molecule has 202 valence electrons. The smallest absolute Gasteiger partial charge is 0.270 e. The second-order valence-corrected chi connectivity index (χ2v) is 10.5. The van der Waals surface area contributed by atoms with E-state index in [0.29, 0.717) is 38.6 Å². The molecule has 1 heterocycles. The van der Waals surface area contributed by atoms with Gasteiger partial charge in [-0.1, -0.05) is 50.0 Å². The Kier molecular flexibility index (Phi) is 9.75. The Hall–Kier alpha value is -3.66. The fraction of sp³-hybridized carbons (Fsp3) is 0.233. The molecule has 4 rings (SSSR count). The Balaban J connectivity index is 1.35. The number of nitrogens with zero attached hydrogens (tertiary/aromatic N) is 2. The molecule has 3 aromatic rings. The van der Waals surface area contributed by atoms with Crippen LogP contribution in [0.4, 0.5) is 5.69 Å². The number of benzene rings is 3. The molecule has 1 fully saturated rings. The quantitative estimate of drug-likeness (QED) is 0.163. The van der Waals surface area contributed by atoms with E-state index in [0.717, 1.165) is 37.4 Å². The summed E-state index contributed by atoms with van der Waals surface area (Å²) < 4.78 is 12.2. The van der Waals surface area contributed by atoms with E-state index in [2.05, 4.69) is 18.7 Å². The third kappa shape index (κ3) is 7.47. The predicted octanol–water partition coefficient (Wildman–Crippen LogP) is 6.09. The molecule has 0 aliphatic carbocycles. The van der Waals surface area contributed by atoms with E-state index in [1.54, 1.807) is 29.2 Å². The van der Waals surface area contributed by atoms with Crippen LogP contribution in [0.3, 0.4) is 0 Å². The van der Waals surface area contributed by atoms with Gasteiger partial charge in [0.05, 0.1) is 17.2 Å². The van der Waals surface area contributed by atoms with Crippen LogP contribution in [-0.2, 0) is 4.79 Å². The Morgan fingerprint density at radius 2 is 1.54 bits per heavy atom. The first kappa shape index (κ1) is 28.4. The molecular weight excluding hydrogens is 530 g/mol. The summed E-state index contributed by atoms with van der Waals surface area (Å²) >= 11 is 6.79. The fourth-order valence-electron chi connectivity index (χ4n) is 4.01. The lowest BCUT2D eigenvalue weighted by Gasteiger charge is -2.18. The van der Waals surface area contributed by atoms with Crippen molar-refractivity contribution in [3.8, 4) is 17.2 Å². The highest BCUT2D eigenvalue weighted by Gasteiger charge is 2.33. The molecule has 0 aromatic heterocycles. The standard InChI is InChI=1S/C30H31N3O4S2/c1-3-32(4-2)18-5-19-36-24-16-10-23(11-17-24)33-29(35)27(39-30(33)38)20-21-6-12-25(13-7-21)37-26-14-8-22(9-15-26)28(31)34/h6-17,20H,3-5,18-19H2,1-2H3,(H2,31,34). The summed E-state index contributed by atoms with van der Waals surface area (Å²) in [6.07, 6.45) is 2.78. The monoisotopic (exact) mass is 561 g/mol. The fourth-order valence-corrected chi connectivity index (χ4v) is 5.31. The van der Waals surface area contributed by atoms with Crippen LogP contribution >= 0.6 is 24.0 Å². The maximum absolute atomic E-state index is 13.2. The Morgan fingerprint density at radius 1 is 0.949 bits per heavy atom. The van der Waals surface area contributed by atoms with Crippen molar-refractivity contribution in [3.05, 3.63) is 88.8 Å². The van der Waals surface area contributed by atoms with Gasteiger partial charge in [0.15, 0.2) is 4.32 Å². The first-order valence-corrected chi connectivity index (χ1v) is 14.0. The summed E-state index contributed by atoms with van der Waals surface area (Å²) in [6, 6.07) is 21.4. The van der Waals surface area contributed by atoms with Crippen molar-refractivity contribution in [2.24, 2.45) is 5.73 Å². The van der Waals surface area contributed by atoms with Gasteiger partial charge in [0.2, 0.25) is 5.91 Å². The van der Waals surface area contributed by atoms with E-state index in [-0.39, 0.29) is 5.91 Å². The molecule has 7 nitrogen and oxygen atoms in total. The summed E-state index contributed by atoms with van der Waals surface area (Å²) in [6.45, 7) is 8.06. The zero-order valence-electron chi connectivity index (χ0n) is 22.0. The van der Waals surface area contributed by atoms with Gasteiger partial charge in [-0.2, -0.15) is 0 Å². The molecule has 0 radical (unpaired) electrons. The number of hydrogen-bond acceptors (Lipinski definition) is 7. The minimum atomic E-state index is -0.487. The van der Waals surface area contributed by atoms with Crippen molar-refractivity contribution in [1.82, 2.24) is 4.90 Å². The van der Waals surface area contributed by atoms with Crippen LogP contribution in [-0.4, -0.2) is 47.3 Å². The van der Waals surface area contributed by atoms with Gasteiger partial charge in [0.25, 0.3) is 5.91 Å². The van der Waals surface area contributed by atoms with Crippen molar-refractivity contribution in [2.75, 3.05) is 31.1 Å². The van der Waals surface area contributed by atoms with Gasteiger partial charge in [-0.3, -0.25) is 14.5 Å². The summed E-state index contributed by atoms with van der Waals surface area (Å²) in [4.78, 5) is 28.9. The average Bonchev–Trinajstić information content (AvgIpc) is 3.22. The molecule has 0 spiro atoms. The highest BCUT2D eigenvalue weighted by Crippen LogP contribution is 2.36. The lowest BCUT2D eigenvalue weighted by molar-refractivity contribution is -0.113. The van der Waals surface area contributed by atoms with E-state index < -0.39 is 5.91 Å². The third-order valence-corrected chi connectivity index (χ3v) is 7.53. The highest BCUT2D eigenvalue weighted by molar-refractivity contribution is 8.27. The SMILES string of the molecule is CCN(CC)CCCOc1ccc(N2C(=O)C(=Cc3ccc(Oc4ccc(C(N)=O)cc4)cc3)SC2=S)cc1. The molecule has 0 bridgehead atoms. The minimum Gasteiger partial charge on any atom is -0.494 e. The number of carbonyl (C=O) groups excluding carboxylic acids is 2. The molecule has 0 saturated carbocycles. The minimum absolute atomic E-state index is 0.159. The Bertz CT molecular complexity index is 1340. The summed E-state index contributed by atoms with van der Waals surface area (Å²) in [5.74, 6) is 1.34. The van der Waals surface area contributed by atoms with E-state index in [4.69, 9.17) is 27.4 Å². The van der Waals surface area contributed by atoms with Crippen LogP contribution < -0.4 is 20.1 Å².